The van der Waals surface area contributed by atoms with Crippen LogP contribution in [-0.4, -0.2) is 168 Å². The predicted octanol–water partition coefficient (Wildman–Crippen LogP) is 12.6. The Balaban J connectivity index is 0.000000384. The fourth-order valence-corrected chi connectivity index (χ4v) is 16.5. The number of amides is 2. The lowest BCUT2D eigenvalue weighted by atomic mass is 10.1. The minimum absolute atomic E-state index is 0.0438. The van der Waals surface area contributed by atoms with Crippen LogP contribution >= 0.6 is 10.7 Å². The fourth-order valence-electron chi connectivity index (χ4n) is 11.6. The Labute approximate surface area is 705 Å². The van der Waals surface area contributed by atoms with E-state index in [0.717, 1.165) is 69.0 Å². The summed E-state index contributed by atoms with van der Waals surface area (Å²) in [4.78, 5) is 61.4. The third-order valence-electron chi connectivity index (χ3n) is 17.2. The molecule has 13 N–H and O–H groups in total. The monoisotopic (exact) mass is 1740 g/mol. The van der Waals surface area contributed by atoms with Crippen LogP contribution in [0.25, 0.3) is 43.1 Å². The molecule has 0 saturated carbocycles. The number of nitrogens with zero attached hydrogens (tertiary/aromatic N) is 4. The standard InChI is InChI=1S/C24H29N3O4S.C17H23N3O4S.C17H22N2O4S.C12H12ClNO2S.C7H9NO.C5H11NO2.C2H6.CH4O/c1-27(2)22-14-8-13-21-20(22)12-9-15-23(21)32(29,30)25-17-7-6-16-24(28)26-31-18-19-10-4-3-5-11-19;1-20(2)15-9-5-8-14-13(15)7-6-10-16(14)25(23,24)18-12-4-3-11-17(21)19-22;1-19(2)15-9-5-8-14-13(15)7-6-10-16(14)24(22,23)18-12-4-3-11-17(20)21;1-14(2)11-7-3-6-10-9(11)5-4-8-12(10)17(13,15)16;8-9-6-7-4-2-1-3-5-7;6-4-2-1-3-5(7)8;2*1-2/h3-5,8-15,25H,6-7,16-18H2,1-2H3,(H,26,28);5-10,18,22H,3-4,11-12H2,1-2H3,(H,19,21);5-10,18H,3-4,11-12H2,1-2H3,(H,20,21);3-8H,1-2H3;1-5H,6,8H2;1-4,6H2,(H,7,8);1-2H3;2H,1H3. The number of hydroxylamine groups is 2. The van der Waals surface area contributed by atoms with Crippen LogP contribution in [0.1, 0.15) is 102 Å². The summed E-state index contributed by atoms with van der Waals surface area (Å²) in [6.45, 7) is 6.08. The molecule has 0 bridgehead atoms. The van der Waals surface area contributed by atoms with E-state index >= 15 is 0 Å². The van der Waals surface area contributed by atoms with E-state index in [2.05, 4.69) is 24.5 Å². The lowest BCUT2D eigenvalue weighted by Gasteiger charge is -2.17. The molecule has 0 radical (unpaired) electrons. The van der Waals surface area contributed by atoms with Gasteiger partial charge in [0.2, 0.25) is 41.9 Å². The molecule has 119 heavy (non-hydrogen) atoms. The van der Waals surface area contributed by atoms with Gasteiger partial charge < -0.3 is 40.7 Å². The van der Waals surface area contributed by atoms with E-state index < -0.39 is 57.0 Å². The highest BCUT2D eigenvalue weighted by atomic mass is 35.7. The van der Waals surface area contributed by atoms with Gasteiger partial charge in [-0.1, -0.05) is 172 Å². The Bertz CT molecular complexity index is 5260. The summed E-state index contributed by atoms with van der Waals surface area (Å²) in [6.07, 6.45) is 5.21. The van der Waals surface area contributed by atoms with E-state index in [1.807, 2.05) is 229 Å². The van der Waals surface area contributed by atoms with Crippen molar-refractivity contribution in [3.63, 3.8) is 0 Å². The van der Waals surface area contributed by atoms with Crippen molar-refractivity contribution < 1.29 is 83.1 Å². The van der Waals surface area contributed by atoms with Crippen LogP contribution in [0.3, 0.4) is 0 Å². The molecule has 10 aromatic rings. The maximum absolute atomic E-state index is 12.9. The number of carbonyl (C=O) groups is 4. The summed E-state index contributed by atoms with van der Waals surface area (Å²) in [7, 11) is 7.08. The van der Waals surface area contributed by atoms with Gasteiger partial charge in [-0.3, -0.25) is 34.1 Å². The number of rotatable bonds is 35. The Morgan fingerprint density at radius 1 is 0.370 bits per heavy atom. The number of nitrogens with two attached hydrogens (primary N) is 2. The van der Waals surface area contributed by atoms with E-state index in [0.29, 0.717) is 86.2 Å². The molecule has 0 heterocycles. The van der Waals surface area contributed by atoms with Crippen LogP contribution in [0.4, 0.5) is 22.7 Å². The number of hydrogen-bond acceptors (Lipinski definition) is 22. The number of carboxylic acids is 2. The smallest absolute Gasteiger partial charge is 0.303 e. The average molecular weight is 1740 g/mol. The van der Waals surface area contributed by atoms with Gasteiger partial charge in [0.25, 0.3) is 9.05 Å². The summed E-state index contributed by atoms with van der Waals surface area (Å²) >= 11 is 0. The SMILES string of the molecule is CC.CN(C)c1cccc2c(S(=O)(=O)Cl)cccc12.CN(C)c1cccc2c(S(=O)(=O)NCCCCC(=O)NO)cccc12.CN(C)c1cccc2c(S(=O)(=O)NCCCCC(=O)NOCc3ccccc3)cccc12.CN(C)c1cccc2c(S(=O)(=O)NCCCCC(=O)O)cccc12.CO.NCCCCC(=O)O.NOCc1ccccc1. The second kappa shape index (κ2) is 54.3. The molecule has 0 spiro atoms. The number of anilines is 4. The Hall–Kier alpha value is -9.95. The summed E-state index contributed by atoms with van der Waals surface area (Å²) in [5, 5.41) is 38.3. The van der Waals surface area contributed by atoms with Gasteiger partial charge >= 0.3 is 11.9 Å². The van der Waals surface area contributed by atoms with Crippen molar-refractivity contribution in [1.82, 2.24) is 25.1 Å². The molecule has 10 rings (SSSR count). The third kappa shape index (κ3) is 35.5. The largest absolute Gasteiger partial charge is 0.481 e. The van der Waals surface area contributed by atoms with Gasteiger partial charge in [0.05, 0.1) is 32.8 Å². The van der Waals surface area contributed by atoms with Crippen LogP contribution in [0.2, 0.25) is 0 Å². The van der Waals surface area contributed by atoms with Crippen molar-refractivity contribution in [2.24, 2.45) is 11.6 Å². The highest BCUT2D eigenvalue weighted by Gasteiger charge is 2.22. The van der Waals surface area contributed by atoms with Gasteiger partial charge in [0, 0.05) is 185 Å². The third-order valence-corrected chi connectivity index (χ3v) is 23.1. The number of fused-ring (bicyclic) bond motifs is 4. The molecular weight excluding hydrogens is 1630 g/mol. The molecule has 0 saturated heterocycles. The van der Waals surface area contributed by atoms with Crippen molar-refractivity contribution in [1.29, 1.82) is 0 Å². The van der Waals surface area contributed by atoms with Crippen LogP contribution in [-0.2, 0) is 81.2 Å². The van der Waals surface area contributed by atoms with Gasteiger partial charge in [-0.05, 0) is 118 Å². The number of benzene rings is 10. The normalized spacial score (nSPS) is 10.9. The number of aliphatic hydroxyl groups excluding tert-OH is 1. The molecule has 0 aromatic heterocycles. The van der Waals surface area contributed by atoms with Gasteiger partial charge in [0.1, 0.15) is 0 Å². The van der Waals surface area contributed by atoms with Crippen molar-refractivity contribution in [2.45, 2.75) is 124 Å². The lowest BCUT2D eigenvalue weighted by molar-refractivity contribution is -0.138. The second-order valence-corrected chi connectivity index (χ2v) is 34.5. The molecule has 0 atom stereocenters. The first-order valence-electron chi connectivity index (χ1n) is 38.2. The van der Waals surface area contributed by atoms with Crippen molar-refractivity contribution in [2.75, 3.05) is 109 Å². The maximum Gasteiger partial charge on any atom is 0.303 e. The minimum Gasteiger partial charge on any atom is -0.481 e. The zero-order valence-electron chi connectivity index (χ0n) is 69.3. The minimum atomic E-state index is -3.72. The molecule has 650 valence electrons. The zero-order valence-corrected chi connectivity index (χ0v) is 73.3. The van der Waals surface area contributed by atoms with Crippen molar-refractivity contribution in [3.05, 3.63) is 217 Å². The number of aliphatic carboxylic acids is 2. The first-order valence-corrected chi connectivity index (χ1v) is 45.0. The first-order chi connectivity index (χ1) is 56.7. The van der Waals surface area contributed by atoms with E-state index in [9.17, 15) is 52.8 Å². The highest BCUT2D eigenvalue weighted by Crippen LogP contribution is 2.35. The van der Waals surface area contributed by atoms with E-state index in [1.54, 1.807) is 66.1 Å². The van der Waals surface area contributed by atoms with Gasteiger partial charge in [-0.15, -0.1) is 0 Å². The number of nitrogens with one attached hydrogen (secondary N) is 5. The summed E-state index contributed by atoms with van der Waals surface area (Å²) in [5.41, 5.74) is 15.0. The number of sulfonamides is 3. The highest BCUT2D eigenvalue weighted by molar-refractivity contribution is 8.14. The molecule has 0 unspecified atom stereocenters. The molecule has 2 amide bonds. The summed E-state index contributed by atoms with van der Waals surface area (Å²) in [5.74, 6) is 2.54. The first kappa shape index (κ1) is 103. The molecule has 0 aliphatic heterocycles. The molecule has 0 aliphatic rings. The number of aliphatic hydroxyl groups is 1. The number of carboxylic acid groups (broad SMARTS) is 2. The Morgan fingerprint density at radius 2 is 0.647 bits per heavy atom. The predicted molar refractivity (Wildman–Crippen MR) is 476 cm³/mol. The molecule has 0 aliphatic carbocycles. The van der Waals surface area contributed by atoms with Crippen molar-refractivity contribution in [3.8, 4) is 0 Å². The summed E-state index contributed by atoms with van der Waals surface area (Å²) in [6, 6.07) is 62.5. The van der Waals surface area contributed by atoms with E-state index in [-0.39, 0.29) is 70.8 Å². The number of hydrogen-bond donors (Lipinski definition) is 11. The van der Waals surface area contributed by atoms with Gasteiger partial charge in [-0.2, -0.15) is 0 Å². The summed E-state index contributed by atoms with van der Waals surface area (Å²) < 4.78 is 107. The van der Waals surface area contributed by atoms with Crippen molar-refractivity contribution >= 4 is 139 Å². The van der Waals surface area contributed by atoms with E-state index in [4.69, 9.17) is 47.7 Å². The second-order valence-electron chi connectivity index (χ2n) is 26.8. The Kier molecular flexibility index (Phi) is 47.1. The lowest BCUT2D eigenvalue weighted by Crippen LogP contribution is -2.26. The van der Waals surface area contributed by atoms with Gasteiger partial charge in [0.15, 0.2) is 0 Å². The van der Waals surface area contributed by atoms with Crippen LogP contribution in [0.15, 0.2) is 226 Å². The number of unbranched alkanes of at least 4 members (excludes halogenated alkanes) is 4. The average Bonchev–Trinajstić information content (AvgIpc) is 0.794. The zero-order chi connectivity index (χ0) is 88.7. The fraction of sp³-hybridized carbons (Fsp3) is 0.341. The maximum atomic E-state index is 12.9. The Morgan fingerprint density at radius 3 is 0.941 bits per heavy atom. The van der Waals surface area contributed by atoms with Crippen LogP contribution in [0, 0.1) is 0 Å². The van der Waals surface area contributed by atoms with Crippen LogP contribution in [0.5, 0.6) is 0 Å². The molecule has 29 nitrogen and oxygen atoms in total. The quantitative estimate of drug-likeness (QED) is 0.00760. The number of carbonyl (C=O) groups excluding carboxylic acids is 2. The number of halogens is 1. The molecule has 34 heteroatoms. The molecule has 10 aromatic carbocycles. The van der Waals surface area contributed by atoms with Gasteiger partial charge in [-0.25, -0.2) is 64.7 Å². The van der Waals surface area contributed by atoms with Crippen LogP contribution < -0.4 is 56.4 Å². The molecule has 0 fully saturated rings. The molecular formula is C85H116ClN11O18S4. The topological polar surface area (TPSA) is 429 Å². The van der Waals surface area contributed by atoms with E-state index in [1.165, 1.54) is 6.07 Å².